The van der Waals surface area contributed by atoms with Gasteiger partial charge in [-0.1, -0.05) is 0 Å². The van der Waals surface area contributed by atoms with Gasteiger partial charge < -0.3 is 24.5 Å². The van der Waals surface area contributed by atoms with E-state index in [0.29, 0.717) is 39.6 Å². The Bertz CT molecular complexity index is 302. The van der Waals surface area contributed by atoms with Crippen LogP contribution in [0, 0.1) is 0 Å². The number of nitrogens with two attached hydrogens (primary N) is 1. The molecule has 0 saturated carbocycles. The molecule has 0 aromatic carbocycles. The molecule has 0 amide bonds. The van der Waals surface area contributed by atoms with Gasteiger partial charge in [0.05, 0.1) is 33.0 Å². The quantitative estimate of drug-likeness (QED) is 0.591. The average Bonchev–Trinajstić information content (AvgIpc) is 2.81. The van der Waals surface area contributed by atoms with Crippen LogP contribution in [-0.2, 0) is 27.2 Å². The van der Waals surface area contributed by atoms with Gasteiger partial charge in [-0.25, -0.2) is 0 Å². The van der Waals surface area contributed by atoms with Crippen molar-refractivity contribution in [1.82, 2.24) is 4.57 Å². The maximum Gasteiger partial charge on any atom is 0.0701 e. The van der Waals surface area contributed by atoms with E-state index in [9.17, 15) is 0 Å². The number of hydrogen-bond donors (Lipinski definition) is 1. The van der Waals surface area contributed by atoms with E-state index >= 15 is 0 Å². The largest absolute Gasteiger partial charge is 0.382 e. The van der Waals surface area contributed by atoms with Crippen molar-refractivity contribution in [2.24, 2.45) is 5.73 Å². The van der Waals surface area contributed by atoms with Crippen LogP contribution < -0.4 is 5.73 Å². The summed E-state index contributed by atoms with van der Waals surface area (Å²) in [6.07, 6.45) is 2.97. The molecule has 0 unspecified atom stereocenters. The van der Waals surface area contributed by atoms with Crippen LogP contribution >= 0.6 is 0 Å². The zero-order valence-electron chi connectivity index (χ0n) is 11.1. The standard InChI is InChI=1S/C13H24N2O3/c1-16-9-10-18-12-11-17-8-7-15-6-2-3-13(15)4-5-14/h2-3,6H,4-5,7-12,14H2,1H3. The summed E-state index contributed by atoms with van der Waals surface area (Å²) in [5.41, 5.74) is 6.81. The molecule has 0 radical (unpaired) electrons. The van der Waals surface area contributed by atoms with E-state index in [1.807, 2.05) is 6.07 Å². The molecular weight excluding hydrogens is 232 g/mol. The first-order valence-corrected chi connectivity index (χ1v) is 6.37. The molecule has 1 rings (SSSR count). The van der Waals surface area contributed by atoms with Crippen LogP contribution in [0.4, 0.5) is 0 Å². The average molecular weight is 256 g/mol. The lowest BCUT2D eigenvalue weighted by atomic mass is 10.3. The molecule has 0 spiro atoms. The maximum absolute atomic E-state index is 5.55. The van der Waals surface area contributed by atoms with Crippen LogP contribution in [-0.4, -0.2) is 51.3 Å². The number of aromatic nitrogens is 1. The molecule has 1 aromatic rings. The highest BCUT2D eigenvalue weighted by molar-refractivity contribution is 5.07. The number of ether oxygens (including phenoxy) is 3. The number of nitrogens with zero attached hydrogens (tertiary/aromatic N) is 1. The first kappa shape index (κ1) is 15.2. The molecule has 0 aliphatic carbocycles. The molecule has 2 N–H and O–H groups in total. The molecule has 18 heavy (non-hydrogen) atoms. The number of hydrogen-bond acceptors (Lipinski definition) is 4. The van der Waals surface area contributed by atoms with Crippen LogP contribution in [0.2, 0.25) is 0 Å². The SMILES string of the molecule is COCCOCCOCCn1cccc1CCN. The van der Waals surface area contributed by atoms with Gasteiger partial charge in [-0.15, -0.1) is 0 Å². The van der Waals surface area contributed by atoms with Crippen LogP contribution in [0.25, 0.3) is 0 Å². The van der Waals surface area contributed by atoms with Crippen molar-refractivity contribution in [1.29, 1.82) is 0 Å². The van der Waals surface area contributed by atoms with Crippen molar-refractivity contribution in [3.63, 3.8) is 0 Å². The van der Waals surface area contributed by atoms with Gasteiger partial charge in [0.2, 0.25) is 0 Å². The Balaban J connectivity index is 2.01. The normalized spacial score (nSPS) is 11.0. The molecule has 1 aromatic heterocycles. The third-order valence-electron chi connectivity index (χ3n) is 2.60. The summed E-state index contributed by atoms with van der Waals surface area (Å²) in [5.74, 6) is 0. The Morgan fingerprint density at radius 3 is 2.56 bits per heavy atom. The summed E-state index contributed by atoms with van der Waals surface area (Å²) in [5, 5.41) is 0. The predicted octanol–water partition coefficient (Wildman–Crippen LogP) is 0.669. The summed E-state index contributed by atoms with van der Waals surface area (Å²) in [6.45, 7) is 4.73. The smallest absolute Gasteiger partial charge is 0.0701 e. The predicted molar refractivity (Wildman–Crippen MR) is 70.7 cm³/mol. The first-order chi connectivity index (χ1) is 8.88. The lowest BCUT2D eigenvalue weighted by Gasteiger charge is -2.09. The van der Waals surface area contributed by atoms with E-state index in [2.05, 4.69) is 16.8 Å². The van der Waals surface area contributed by atoms with Gasteiger partial charge in [-0.3, -0.25) is 0 Å². The minimum absolute atomic E-state index is 0.616. The highest BCUT2D eigenvalue weighted by Gasteiger charge is 1.99. The summed E-state index contributed by atoms with van der Waals surface area (Å²) in [7, 11) is 1.66. The summed E-state index contributed by atoms with van der Waals surface area (Å²) < 4.78 is 17.9. The van der Waals surface area contributed by atoms with Gasteiger partial charge in [0, 0.05) is 25.5 Å². The zero-order valence-corrected chi connectivity index (χ0v) is 11.1. The third-order valence-corrected chi connectivity index (χ3v) is 2.60. The van der Waals surface area contributed by atoms with E-state index < -0.39 is 0 Å². The Kier molecular flexibility index (Phi) is 8.50. The minimum atomic E-state index is 0.616. The maximum atomic E-state index is 5.55. The second kappa shape index (κ2) is 10.1. The molecule has 0 atom stereocenters. The molecule has 5 heteroatoms. The Morgan fingerprint density at radius 2 is 1.83 bits per heavy atom. The minimum Gasteiger partial charge on any atom is -0.382 e. The lowest BCUT2D eigenvalue weighted by molar-refractivity contribution is 0.0229. The topological polar surface area (TPSA) is 58.6 Å². The van der Waals surface area contributed by atoms with Crippen molar-refractivity contribution >= 4 is 0 Å². The van der Waals surface area contributed by atoms with Gasteiger partial charge in [0.1, 0.15) is 0 Å². The Morgan fingerprint density at radius 1 is 1.11 bits per heavy atom. The second-order valence-corrected chi connectivity index (χ2v) is 3.95. The second-order valence-electron chi connectivity index (χ2n) is 3.95. The fourth-order valence-corrected chi connectivity index (χ4v) is 1.67. The molecule has 1 heterocycles. The van der Waals surface area contributed by atoms with Gasteiger partial charge in [-0.2, -0.15) is 0 Å². The summed E-state index contributed by atoms with van der Waals surface area (Å²) >= 11 is 0. The van der Waals surface area contributed by atoms with E-state index in [0.717, 1.165) is 13.0 Å². The van der Waals surface area contributed by atoms with Crippen molar-refractivity contribution in [2.45, 2.75) is 13.0 Å². The molecule has 0 fully saturated rings. The zero-order chi connectivity index (χ0) is 13.1. The molecule has 0 bridgehead atoms. The highest BCUT2D eigenvalue weighted by atomic mass is 16.5. The first-order valence-electron chi connectivity index (χ1n) is 6.37. The molecule has 104 valence electrons. The fraction of sp³-hybridized carbons (Fsp3) is 0.692. The third kappa shape index (κ3) is 6.16. The summed E-state index contributed by atoms with van der Waals surface area (Å²) in [4.78, 5) is 0. The van der Waals surface area contributed by atoms with E-state index in [1.165, 1.54) is 5.69 Å². The van der Waals surface area contributed by atoms with Crippen LogP contribution in [0.5, 0.6) is 0 Å². The van der Waals surface area contributed by atoms with Crippen molar-refractivity contribution < 1.29 is 14.2 Å². The van der Waals surface area contributed by atoms with E-state index in [4.69, 9.17) is 19.9 Å². The molecule has 0 saturated heterocycles. The van der Waals surface area contributed by atoms with Crippen molar-refractivity contribution in [3.8, 4) is 0 Å². The van der Waals surface area contributed by atoms with Crippen LogP contribution in [0.3, 0.4) is 0 Å². The van der Waals surface area contributed by atoms with Gasteiger partial charge in [0.25, 0.3) is 0 Å². The number of methoxy groups -OCH3 is 1. The van der Waals surface area contributed by atoms with E-state index in [-0.39, 0.29) is 0 Å². The molecule has 0 aliphatic rings. The Labute approximate surface area is 109 Å². The fourth-order valence-electron chi connectivity index (χ4n) is 1.67. The van der Waals surface area contributed by atoms with Gasteiger partial charge in [-0.05, 0) is 25.1 Å². The molecule has 0 aliphatic heterocycles. The van der Waals surface area contributed by atoms with Gasteiger partial charge >= 0.3 is 0 Å². The lowest BCUT2D eigenvalue weighted by Crippen LogP contribution is -2.14. The Hall–Kier alpha value is -0.880. The van der Waals surface area contributed by atoms with Crippen molar-refractivity contribution in [2.75, 3.05) is 46.7 Å². The van der Waals surface area contributed by atoms with Crippen molar-refractivity contribution in [3.05, 3.63) is 24.0 Å². The molecular formula is C13H24N2O3. The van der Waals surface area contributed by atoms with E-state index in [1.54, 1.807) is 7.11 Å². The molecule has 5 nitrogen and oxygen atoms in total. The van der Waals surface area contributed by atoms with Crippen LogP contribution in [0.15, 0.2) is 18.3 Å². The van der Waals surface area contributed by atoms with Gasteiger partial charge in [0.15, 0.2) is 0 Å². The monoisotopic (exact) mass is 256 g/mol. The summed E-state index contributed by atoms with van der Waals surface area (Å²) in [6, 6.07) is 4.14. The van der Waals surface area contributed by atoms with Crippen LogP contribution in [0.1, 0.15) is 5.69 Å². The highest BCUT2D eigenvalue weighted by Crippen LogP contribution is 2.02. The number of rotatable bonds is 11.